The van der Waals surface area contributed by atoms with E-state index in [1.165, 1.54) is 12.7 Å². The topological polar surface area (TPSA) is 75.6 Å². The largest absolute Gasteiger partial charge is 0.467 e. The Morgan fingerprint density at radius 2 is 1.95 bits per heavy atom. The summed E-state index contributed by atoms with van der Waals surface area (Å²) in [6.45, 7) is 1.64. The van der Waals surface area contributed by atoms with Gasteiger partial charge in [0, 0.05) is 5.56 Å². The SMILES string of the molecule is CCCCc1ccc(C(=O)N[C@H](CO)C(=O)OC)cc1. The normalized spacial score (nSPS) is 11.8. The number of hydrogen-bond acceptors (Lipinski definition) is 4. The van der Waals surface area contributed by atoms with Crippen molar-refractivity contribution in [3.05, 3.63) is 35.4 Å². The van der Waals surface area contributed by atoms with Crippen LogP contribution in [0.1, 0.15) is 35.7 Å². The molecular weight excluding hydrogens is 258 g/mol. The van der Waals surface area contributed by atoms with Gasteiger partial charge in [-0.2, -0.15) is 0 Å². The molecule has 5 heteroatoms. The Labute approximate surface area is 118 Å². The molecule has 0 radical (unpaired) electrons. The molecule has 0 aliphatic rings. The first kappa shape index (κ1) is 16.2. The van der Waals surface area contributed by atoms with E-state index in [1.807, 2.05) is 12.1 Å². The summed E-state index contributed by atoms with van der Waals surface area (Å²) < 4.78 is 4.49. The van der Waals surface area contributed by atoms with Crippen molar-refractivity contribution >= 4 is 11.9 Å². The molecule has 1 aromatic rings. The Kier molecular flexibility index (Phi) is 6.73. The number of aliphatic hydroxyl groups excluding tert-OH is 1. The molecule has 0 aromatic heterocycles. The number of aliphatic hydroxyl groups is 1. The first-order valence-corrected chi connectivity index (χ1v) is 6.70. The summed E-state index contributed by atoms with van der Waals surface area (Å²) in [4.78, 5) is 23.2. The van der Waals surface area contributed by atoms with Crippen molar-refractivity contribution in [2.24, 2.45) is 0 Å². The second-order valence-electron chi connectivity index (χ2n) is 4.53. The van der Waals surface area contributed by atoms with E-state index >= 15 is 0 Å². The van der Waals surface area contributed by atoms with Crippen LogP contribution in [0, 0.1) is 0 Å². The van der Waals surface area contributed by atoms with Crippen LogP contribution < -0.4 is 5.32 Å². The van der Waals surface area contributed by atoms with Gasteiger partial charge in [-0.05, 0) is 30.5 Å². The minimum Gasteiger partial charge on any atom is -0.467 e. The lowest BCUT2D eigenvalue weighted by atomic mass is 10.1. The quantitative estimate of drug-likeness (QED) is 0.738. The van der Waals surface area contributed by atoms with Gasteiger partial charge >= 0.3 is 5.97 Å². The molecule has 0 fully saturated rings. The van der Waals surface area contributed by atoms with Gasteiger partial charge in [-0.15, -0.1) is 0 Å². The van der Waals surface area contributed by atoms with Crippen molar-refractivity contribution in [3.8, 4) is 0 Å². The summed E-state index contributed by atoms with van der Waals surface area (Å²) in [6.07, 6.45) is 3.22. The molecule has 0 bridgehead atoms. The highest BCUT2D eigenvalue weighted by Crippen LogP contribution is 2.08. The third kappa shape index (κ3) is 4.66. The summed E-state index contributed by atoms with van der Waals surface area (Å²) in [7, 11) is 1.21. The molecule has 20 heavy (non-hydrogen) atoms. The first-order valence-electron chi connectivity index (χ1n) is 6.70. The van der Waals surface area contributed by atoms with Gasteiger partial charge in [0.2, 0.25) is 0 Å². The van der Waals surface area contributed by atoms with Crippen molar-refractivity contribution in [3.63, 3.8) is 0 Å². The highest BCUT2D eigenvalue weighted by molar-refractivity contribution is 5.96. The summed E-state index contributed by atoms with van der Waals surface area (Å²) in [5.41, 5.74) is 1.63. The monoisotopic (exact) mass is 279 g/mol. The van der Waals surface area contributed by atoms with E-state index in [1.54, 1.807) is 12.1 Å². The predicted molar refractivity (Wildman–Crippen MR) is 75.4 cm³/mol. The number of carbonyl (C=O) groups excluding carboxylic acids is 2. The van der Waals surface area contributed by atoms with Crippen molar-refractivity contribution in [1.29, 1.82) is 0 Å². The van der Waals surface area contributed by atoms with Gasteiger partial charge in [0.25, 0.3) is 5.91 Å². The third-order valence-corrected chi connectivity index (χ3v) is 3.01. The highest BCUT2D eigenvalue weighted by atomic mass is 16.5. The summed E-state index contributed by atoms with van der Waals surface area (Å²) in [5.74, 6) is -1.07. The van der Waals surface area contributed by atoms with Gasteiger partial charge < -0.3 is 15.2 Å². The summed E-state index contributed by atoms with van der Waals surface area (Å²) in [5, 5.41) is 11.5. The molecule has 0 spiro atoms. The minimum atomic E-state index is -1.03. The van der Waals surface area contributed by atoms with Crippen molar-refractivity contribution in [2.75, 3.05) is 13.7 Å². The summed E-state index contributed by atoms with van der Waals surface area (Å²) in [6, 6.07) is 6.19. The molecule has 2 N–H and O–H groups in total. The fraction of sp³-hybridized carbons (Fsp3) is 0.467. The van der Waals surface area contributed by atoms with E-state index < -0.39 is 24.5 Å². The van der Waals surface area contributed by atoms with Crippen LogP contribution in [0.15, 0.2) is 24.3 Å². The average Bonchev–Trinajstić information content (AvgIpc) is 2.50. The molecule has 0 heterocycles. The standard InChI is InChI=1S/C15H21NO4/c1-3-4-5-11-6-8-12(9-7-11)14(18)16-13(10-17)15(19)20-2/h6-9,13,17H,3-5,10H2,1-2H3,(H,16,18)/t13-/m1/s1. The van der Waals surface area contributed by atoms with Crippen molar-refractivity contribution < 1.29 is 19.4 Å². The molecule has 0 saturated heterocycles. The first-order chi connectivity index (χ1) is 9.62. The molecule has 1 rings (SSSR count). The smallest absolute Gasteiger partial charge is 0.330 e. The fourth-order valence-electron chi connectivity index (χ4n) is 1.77. The molecule has 0 aliphatic heterocycles. The molecule has 0 unspecified atom stereocenters. The maximum Gasteiger partial charge on any atom is 0.330 e. The number of ether oxygens (including phenoxy) is 1. The third-order valence-electron chi connectivity index (χ3n) is 3.01. The average molecular weight is 279 g/mol. The number of benzene rings is 1. The molecule has 0 aliphatic carbocycles. The molecular formula is C15H21NO4. The van der Waals surface area contributed by atoms with Crippen molar-refractivity contribution in [1.82, 2.24) is 5.32 Å². The Hall–Kier alpha value is -1.88. The molecule has 110 valence electrons. The van der Waals surface area contributed by atoms with Crippen LogP contribution in [0.25, 0.3) is 0 Å². The minimum absolute atomic E-state index is 0.406. The van der Waals surface area contributed by atoms with E-state index in [2.05, 4.69) is 17.0 Å². The number of nitrogens with one attached hydrogen (secondary N) is 1. The van der Waals surface area contributed by atoms with Crippen LogP contribution in [-0.4, -0.2) is 36.7 Å². The fourth-order valence-corrected chi connectivity index (χ4v) is 1.77. The number of methoxy groups -OCH3 is 1. The van der Waals surface area contributed by atoms with Crippen LogP contribution in [0.5, 0.6) is 0 Å². The molecule has 0 saturated carbocycles. The molecule has 5 nitrogen and oxygen atoms in total. The van der Waals surface area contributed by atoms with Gasteiger partial charge in [0.05, 0.1) is 13.7 Å². The predicted octanol–water partition coefficient (Wildman–Crippen LogP) is 1.29. The number of carbonyl (C=O) groups is 2. The Morgan fingerprint density at radius 1 is 1.30 bits per heavy atom. The second kappa shape index (κ2) is 8.32. The number of aryl methyl sites for hydroxylation is 1. The van der Waals surface area contributed by atoms with Crippen LogP contribution in [-0.2, 0) is 16.0 Å². The highest BCUT2D eigenvalue weighted by Gasteiger charge is 2.20. The van der Waals surface area contributed by atoms with E-state index in [0.717, 1.165) is 19.3 Å². The zero-order valence-corrected chi connectivity index (χ0v) is 11.9. The maximum absolute atomic E-state index is 11.9. The Morgan fingerprint density at radius 3 is 2.45 bits per heavy atom. The van der Waals surface area contributed by atoms with Crippen molar-refractivity contribution in [2.45, 2.75) is 32.2 Å². The van der Waals surface area contributed by atoms with Gasteiger partial charge in [0.15, 0.2) is 6.04 Å². The number of amides is 1. The van der Waals surface area contributed by atoms with Crippen LogP contribution >= 0.6 is 0 Å². The zero-order chi connectivity index (χ0) is 15.0. The van der Waals surface area contributed by atoms with E-state index in [4.69, 9.17) is 5.11 Å². The number of rotatable bonds is 7. The van der Waals surface area contributed by atoms with E-state index in [-0.39, 0.29) is 0 Å². The lowest BCUT2D eigenvalue weighted by molar-refractivity contribution is -0.143. The number of esters is 1. The molecule has 1 amide bonds. The maximum atomic E-state index is 11.9. The second-order valence-corrected chi connectivity index (χ2v) is 4.53. The van der Waals surface area contributed by atoms with Gasteiger partial charge in [-0.25, -0.2) is 4.79 Å². The van der Waals surface area contributed by atoms with Gasteiger partial charge in [0.1, 0.15) is 0 Å². The Balaban J connectivity index is 2.65. The van der Waals surface area contributed by atoms with Crippen LogP contribution in [0.2, 0.25) is 0 Å². The van der Waals surface area contributed by atoms with Crippen LogP contribution in [0.4, 0.5) is 0 Å². The van der Waals surface area contributed by atoms with E-state index in [0.29, 0.717) is 5.56 Å². The lowest BCUT2D eigenvalue weighted by Gasteiger charge is -2.13. The number of hydrogen-bond donors (Lipinski definition) is 2. The lowest BCUT2D eigenvalue weighted by Crippen LogP contribution is -2.44. The van der Waals surface area contributed by atoms with E-state index in [9.17, 15) is 9.59 Å². The van der Waals surface area contributed by atoms with Gasteiger partial charge in [-0.3, -0.25) is 4.79 Å². The summed E-state index contributed by atoms with van der Waals surface area (Å²) >= 11 is 0. The Bertz CT molecular complexity index is 442. The van der Waals surface area contributed by atoms with Crippen LogP contribution in [0.3, 0.4) is 0 Å². The van der Waals surface area contributed by atoms with Gasteiger partial charge in [-0.1, -0.05) is 25.5 Å². The molecule has 1 aromatic carbocycles. The zero-order valence-electron chi connectivity index (χ0n) is 11.9. The number of unbranched alkanes of at least 4 members (excludes halogenated alkanes) is 1. The molecule has 1 atom stereocenters.